The van der Waals surface area contributed by atoms with Gasteiger partial charge in [-0.05, 0) is 40.0 Å². The van der Waals surface area contributed by atoms with E-state index in [0.717, 1.165) is 19.3 Å². The van der Waals surface area contributed by atoms with Crippen molar-refractivity contribution >= 4 is 11.8 Å². The summed E-state index contributed by atoms with van der Waals surface area (Å²) in [7, 11) is 0. The standard InChI is InChI=1S/C15H28N2O2/c1-10(2)8-7-9-11(3)17-12(4)13(18)16-15(5,6)14(17)19/h10-12H,7-9H2,1-6H3,(H,16,18). The highest BCUT2D eigenvalue weighted by atomic mass is 16.2. The Balaban J connectivity index is 2.72. The Bertz CT molecular complexity index is 350. The second kappa shape index (κ2) is 5.93. The number of hydrogen-bond acceptors (Lipinski definition) is 2. The molecule has 0 radical (unpaired) electrons. The molecule has 0 bridgehead atoms. The lowest BCUT2D eigenvalue weighted by Gasteiger charge is -2.44. The van der Waals surface area contributed by atoms with Crippen LogP contribution in [0.15, 0.2) is 0 Å². The quantitative estimate of drug-likeness (QED) is 0.832. The molecule has 2 unspecified atom stereocenters. The SMILES string of the molecule is CC(C)CCCC(C)N1C(=O)C(C)(C)NC(=O)C1C. The Hall–Kier alpha value is -1.06. The van der Waals surface area contributed by atoms with E-state index in [2.05, 4.69) is 19.2 Å². The monoisotopic (exact) mass is 268 g/mol. The van der Waals surface area contributed by atoms with Gasteiger partial charge in [0.15, 0.2) is 0 Å². The minimum absolute atomic E-state index is 0.0247. The van der Waals surface area contributed by atoms with E-state index < -0.39 is 5.54 Å². The van der Waals surface area contributed by atoms with E-state index in [0.29, 0.717) is 5.92 Å². The fraction of sp³-hybridized carbons (Fsp3) is 0.867. The molecule has 0 spiro atoms. The first-order chi connectivity index (χ1) is 8.66. The topological polar surface area (TPSA) is 49.4 Å². The number of nitrogens with zero attached hydrogens (tertiary/aromatic N) is 1. The number of piperazine rings is 1. The second-order valence-electron chi connectivity index (χ2n) is 6.68. The van der Waals surface area contributed by atoms with Crippen LogP contribution in [-0.2, 0) is 9.59 Å². The van der Waals surface area contributed by atoms with Gasteiger partial charge in [-0.15, -0.1) is 0 Å². The van der Waals surface area contributed by atoms with Crippen molar-refractivity contribution in [3.8, 4) is 0 Å². The van der Waals surface area contributed by atoms with Gasteiger partial charge >= 0.3 is 0 Å². The van der Waals surface area contributed by atoms with Gasteiger partial charge in [-0.1, -0.05) is 26.7 Å². The van der Waals surface area contributed by atoms with Crippen LogP contribution in [0.25, 0.3) is 0 Å². The van der Waals surface area contributed by atoms with Crippen molar-refractivity contribution in [2.24, 2.45) is 5.92 Å². The Kier molecular flexibility index (Phi) is 4.99. The Morgan fingerprint density at radius 3 is 2.32 bits per heavy atom. The third kappa shape index (κ3) is 3.71. The summed E-state index contributed by atoms with van der Waals surface area (Å²) in [5, 5.41) is 2.78. The van der Waals surface area contributed by atoms with Crippen molar-refractivity contribution in [3.63, 3.8) is 0 Å². The van der Waals surface area contributed by atoms with E-state index in [1.165, 1.54) is 0 Å². The summed E-state index contributed by atoms with van der Waals surface area (Å²) in [5.74, 6) is 0.651. The van der Waals surface area contributed by atoms with Crippen LogP contribution in [0.2, 0.25) is 0 Å². The van der Waals surface area contributed by atoms with Crippen LogP contribution in [0.1, 0.15) is 60.8 Å². The van der Waals surface area contributed by atoms with E-state index in [4.69, 9.17) is 0 Å². The maximum absolute atomic E-state index is 12.5. The highest BCUT2D eigenvalue weighted by Crippen LogP contribution is 2.23. The molecular weight excluding hydrogens is 240 g/mol. The first kappa shape index (κ1) is 16.0. The highest BCUT2D eigenvalue weighted by Gasteiger charge is 2.44. The van der Waals surface area contributed by atoms with Crippen LogP contribution in [0.4, 0.5) is 0 Å². The summed E-state index contributed by atoms with van der Waals surface area (Å²) < 4.78 is 0. The summed E-state index contributed by atoms with van der Waals surface area (Å²) in [6.07, 6.45) is 3.21. The molecule has 0 aliphatic carbocycles. The zero-order valence-corrected chi connectivity index (χ0v) is 13.1. The van der Waals surface area contributed by atoms with Crippen molar-refractivity contribution in [2.45, 2.75) is 78.4 Å². The predicted molar refractivity (Wildman–Crippen MR) is 76.7 cm³/mol. The van der Waals surface area contributed by atoms with Crippen molar-refractivity contribution in [3.05, 3.63) is 0 Å². The van der Waals surface area contributed by atoms with Crippen molar-refractivity contribution in [2.75, 3.05) is 0 Å². The second-order valence-corrected chi connectivity index (χ2v) is 6.68. The van der Waals surface area contributed by atoms with Crippen LogP contribution in [0.3, 0.4) is 0 Å². The molecule has 19 heavy (non-hydrogen) atoms. The smallest absolute Gasteiger partial charge is 0.248 e. The number of nitrogens with one attached hydrogen (secondary N) is 1. The van der Waals surface area contributed by atoms with Crippen molar-refractivity contribution in [1.82, 2.24) is 10.2 Å². The molecule has 1 saturated heterocycles. The molecule has 110 valence electrons. The molecule has 2 amide bonds. The number of hydrogen-bond donors (Lipinski definition) is 1. The average molecular weight is 268 g/mol. The zero-order valence-electron chi connectivity index (χ0n) is 13.1. The number of rotatable bonds is 5. The van der Waals surface area contributed by atoms with Crippen LogP contribution < -0.4 is 5.32 Å². The van der Waals surface area contributed by atoms with E-state index in [1.54, 1.807) is 25.7 Å². The van der Waals surface area contributed by atoms with Crippen LogP contribution >= 0.6 is 0 Å². The summed E-state index contributed by atoms with van der Waals surface area (Å²) in [5.41, 5.74) is -0.782. The molecule has 1 aliphatic heterocycles. The van der Waals surface area contributed by atoms with Crippen molar-refractivity contribution < 1.29 is 9.59 Å². The molecule has 1 N–H and O–H groups in total. The summed E-state index contributed by atoms with van der Waals surface area (Å²) >= 11 is 0. The van der Waals surface area contributed by atoms with Gasteiger partial charge in [0.1, 0.15) is 11.6 Å². The van der Waals surface area contributed by atoms with Gasteiger partial charge in [0.2, 0.25) is 11.8 Å². The first-order valence-corrected chi connectivity index (χ1v) is 7.31. The van der Waals surface area contributed by atoms with Gasteiger partial charge in [-0.3, -0.25) is 9.59 Å². The third-order valence-electron chi connectivity index (χ3n) is 3.88. The van der Waals surface area contributed by atoms with Crippen LogP contribution in [-0.4, -0.2) is 34.3 Å². The van der Waals surface area contributed by atoms with Gasteiger partial charge in [0.25, 0.3) is 0 Å². The normalized spacial score (nSPS) is 24.6. The molecule has 1 rings (SSSR count). The molecule has 0 saturated carbocycles. The zero-order chi connectivity index (χ0) is 14.8. The van der Waals surface area contributed by atoms with Crippen LogP contribution in [0, 0.1) is 5.92 Å². The Labute approximate surface area is 116 Å². The van der Waals surface area contributed by atoms with Gasteiger partial charge in [0, 0.05) is 6.04 Å². The molecule has 2 atom stereocenters. The number of amides is 2. The maximum atomic E-state index is 12.5. The third-order valence-corrected chi connectivity index (χ3v) is 3.88. The summed E-state index contributed by atoms with van der Waals surface area (Å²) in [6.45, 7) is 11.8. The molecule has 4 nitrogen and oxygen atoms in total. The summed E-state index contributed by atoms with van der Waals surface area (Å²) in [4.78, 5) is 26.2. The Morgan fingerprint density at radius 2 is 1.79 bits per heavy atom. The molecule has 1 fully saturated rings. The molecule has 1 heterocycles. The minimum Gasteiger partial charge on any atom is -0.340 e. The first-order valence-electron chi connectivity index (χ1n) is 7.31. The van der Waals surface area contributed by atoms with E-state index >= 15 is 0 Å². The van der Waals surface area contributed by atoms with Gasteiger partial charge in [-0.25, -0.2) is 0 Å². The largest absolute Gasteiger partial charge is 0.340 e. The van der Waals surface area contributed by atoms with Gasteiger partial charge < -0.3 is 10.2 Å². The minimum atomic E-state index is -0.782. The fourth-order valence-corrected chi connectivity index (χ4v) is 2.63. The van der Waals surface area contributed by atoms with Crippen LogP contribution in [0.5, 0.6) is 0 Å². The molecule has 0 aromatic carbocycles. The lowest BCUT2D eigenvalue weighted by molar-refractivity contribution is -0.155. The maximum Gasteiger partial charge on any atom is 0.248 e. The number of carbonyl (C=O) groups is 2. The molecular formula is C15H28N2O2. The molecule has 4 heteroatoms. The average Bonchev–Trinajstić information content (AvgIpc) is 2.26. The van der Waals surface area contributed by atoms with E-state index in [-0.39, 0.29) is 23.9 Å². The van der Waals surface area contributed by atoms with Crippen molar-refractivity contribution in [1.29, 1.82) is 0 Å². The van der Waals surface area contributed by atoms with E-state index in [9.17, 15) is 9.59 Å². The van der Waals surface area contributed by atoms with Gasteiger partial charge in [-0.2, -0.15) is 0 Å². The number of carbonyl (C=O) groups excluding carboxylic acids is 2. The Morgan fingerprint density at radius 1 is 1.21 bits per heavy atom. The molecule has 0 aromatic heterocycles. The highest BCUT2D eigenvalue weighted by molar-refractivity contribution is 5.99. The fourth-order valence-electron chi connectivity index (χ4n) is 2.63. The molecule has 1 aliphatic rings. The lowest BCUT2D eigenvalue weighted by Crippen LogP contribution is -2.68. The molecule has 0 aromatic rings. The van der Waals surface area contributed by atoms with E-state index in [1.807, 2.05) is 6.92 Å². The predicted octanol–water partition coefficient (Wildman–Crippen LogP) is 2.33. The lowest BCUT2D eigenvalue weighted by atomic mass is 9.94. The van der Waals surface area contributed by atoms with Gasteiger partial charge in [0.05, 0.1) is 0 Å². The summed E-state index contributed by atoms with van der Waals surface area (Å²) in [6, 6.07) is -0.249.